The Kier molecular flexibility index (Phi) is 4.57. The van der Waals surface area contributed by atoms with Crippen molar-refractivity contribution in [1.29, 1.82) is 0 Å². The number of carboxylic acid groups (broad SMARTS) is 1. The highest BCUT2D eigenvalue weighted by atomic mass is 19.1. The first-order chi connectivity index (χ1) is 8.23. The summed E-state index contributed by atoms with van der Waals surface area (Å²) in [5.41, 5.74) is -0.556. The maximum absolute atomic E-state index is 13.7. The van der Waals surface area contributed by atoms with E-state index in [1.807, 2.05) is 0 Å². The molecule has 0 amide bonds. The summed E-state index contributed by atoms with van der Waals surface area (Å²) in [6, 6.07) is 0. The topological polar surface area (TPSA) is 37.3 Å². The van der Waals surface area contributed by atoms with Gasteiger partial charge in [-0.1, -0.05) is 33.8 Å². The Morgan fingerprint density at radius 2 is 1.94 bits per heavy atom. The molecule has 0 heterocycles. The van der Waals surface area contributed by atoms with Crippen LogP contribution in [0.15, 0.2) is 12.4 Å². The zero-order valence-corrected chi connectivity index (χ0v) is 11.8. The Morgan fingerprint density at radius 1 is 1.44 bits per heavy atom. The molecule has 0 aromatic heterocycles. The summed E-state index contributed by atoms with van der Waals surface area (Å²) in [7, 11) is 0. The van der Waals surface area contributed by atoms with Crippen molar-refractivity contribution >= 4 is 5.97 Å². The first-order valence-corrected chi connectivity index (χ1v) is 6.80. The van der Waals surface area contributed by atoms with Crippen LogP contribution >= 0.6 is 0 Å². The van der Waals surface area contributed by atoms with Crippen LogP contribution in [0.25, 0.3) is 0 Å². The highest BCUT2D eigenvalue weighted by Crippen LogP contribution is 2.51. The molecule has 1 aliphatic carbocycles. The van der Waals surface area contributed by atoms with Crippen LogP contribution in [0.2, 0.25) is 0 Å². The minimum absolute atomic E-state index is 0.123. The molecule has 1 aliphatic rings. The van der Waals surface area contributed by atoms with E-state index < -0.39 is 17.2 Å². The molecule has 2 nitrogen and oxygen atoms in total. The normalized spacial score (nSPS) is 29.0. The number of allylic oxidation sites excluding steroid dienone is 1. The third-order valence-electron chi connectivity index (χ3n) is 5.02. The van der Waals surface area contributed by atoms with Crippen LogP contribution < -0.4 is 0 Å². The summed E-state index contributed by atoms with van der Waals surface area (Å²) in [6.07, 6.45) is 4.00. The van der Waals surface area contributed by atoms with Crippen molar-refractivity contribution in [3.8, 4) is 0 Å². The molecular weight excluding hydrogens is 231 g/mol. The summed E-state index contributed by atoms with van der Waals surface area (Å²) < 4.78 is 13.7. The summed E-state index contributed by atoms with van der Waals surface area (Å²) in [5.74, 6) is -0.816. The van der Waals surface area contributed by atoms with Gasteiger partial charge < -0.3 is 5.11 Å². The van der Waals surface area contributed by atoms with E-state index in [1.165, 1.54) is 0 Å². The van der Waals surface area contributed by atoms with Gasteiger partial charge in [-0.3, -0.25) is 4.79 Å². The third kappa shape index (κ3) is 3.12. The second kappa shape index (κ2) is 5.41. The summed E-state index contributed by atoms with van der Waals surface area (Å²) in [4.78, 5) is 10.9. The molecule has 1 fully saturated rings. The third-order valence-corrected chi connectivity index (χ3v) is 5.02. The van der Waals surface area contributed by atoms with Gasteiger partial charge in [0.05, 0.1) is 12.2 Å². The van der Waals surface area contributed by atoms with E-state index in [9.17, 15) is 9.18 Å². The smallest absolute Gasteiger partial charge is 0.304 e. The highest BCUT2D eigenvalue weighted by Gasteiger charge is 2.43. The van der Waals surface area contributed by atoms with Crippen molar-refractivity contribution in [1.82, 2.24) is 0 Å². The average molecular weight is 256 g/mol. The number of hydrogen-bond acceptors (Lipinski definition) is 1. The maximum Gasteiger partial charge on any atom is 0.304 e. The molecule has 1 saturated carbocycles. The van der Waals surface area contributed by atoms with E-state index in [0.29, 0.717) is 18.8 Å². The minimum Gasteiger partial charge on any atom is -0.481 e. The lowest BCUT2D eigenvalue weighted by Gasteiger charge is -2.43. The van der Waals surface area contributed by atoms with Gasteiger partial charge in [-0.15, -0.1) is 0 Å². The van der Waals surface area contributed by atoms with Crippen molar-refractivity contribution in [3.05, 3.63) is 12.4 Å². The van der Waals surface area contributed by atoms with E-state index in [2.05, 4.69) is 27.4 Å². The van der Waals surface area contributed by atoms with E-state index >= 15 is 0 Å². The van der Waals surface area contributed by atoms with Crippen molar-refractivity contribution < 1.29 is 14.3 Å². The predicted molar refractivity (Wildman–Crippen MR) is 71.0 cm³/mol. The van der Waals surface area contributed by atoms with Gasteiger partial charge in [-0.05, 0) is 37.0 Å². The molecule has 104 valence electrons. The zero-order valence-electron chi connectivity index (χ0n) is 11.8. The van der Waals surface area contributed by atoms with E-state index in [-0.39, 0.29) is 11.8 Å². The second-order valence-corrected chi connectivity index (χ2v) is 6.37. The fourth-order valence-corrected chi connectivity index (χ4v) is 3.07. The van der Waals surface area contributed by atoms with Gasteiger partial charge in [0.2, 0.25) is 0 Å². The molecule has 0 aliphatic heterocycles. The van der Waals surface area contributed by atoms with Gasteiger partial charge in [0.15, 0.2) is 0 Å². The largest absolute Gasteiger partial charge is 0.481 e. The number of carbonyl (C=O) groups is 1. The average Bonchev–Trinajstić information content (AvgIpc) is 2.28. The van der Waals surface area contributed by atoms with E-state index in [1.54, 1.807) is 0 Å². The van der Waals surface area contributed by atoms with Crippen LogP contribution in [0.3, 0.4) is 0 Å². The van der Waals surface area contributed by atoms with Crippen molar-refractivity contribution in [2.75, 3.05) is 0 Å². The molecule has 0 aromatic rings. The molecule has 0 radical (unpaired) electrons. The summed E-state index contributed by atoms with van der Waals surface area (Å²) >= 11 is 0. The second-order valence-electron chi connectivity index (χ2n) is 6.37. The predicted octanol–water partition coefficient (Wildman–Crippen LogP) is 4.56. The van der Waals surface area contributed by atoms with Crippen LogP contribution in [0.1, 0.15) is 59.3 Å². The van der Waals surface area contributed by atoms with Gasteiger partial charge in [0.25, 0.3) is 0 Å². The lowest BCUT2D eigenvalue weighted by Crippen LogP contribution is -2.35. The number of rotatable bonds is 5. The van der Waals surface area contributed by atoms with Gasteiger partial charge in [-0.2, -0.15) is 0 Å². The Hall–Kier alpha value is -0.860. The molecule has 1 N–H and O–H groups in total. The fourth-order valence-electron chi connectivity index (χ4n) is 3.07. The van der Waals surface area contributed by atoms with Crippen molar-refractivity contribution in [3.63, 3.8) is 0 Å². The van der Waals surface area contributed by atoms with Crippen LogP contribution in [-0.4, -0.2) is 11.1 Å². The highest BCUT2D eigenvalue weighted by molar-refractivity contribution is 5.68. The minimum atomic E-state index is -0.929. The molecule has 0 bridgehead atoms. The molecule has 0 saturated heterocycles. The molecular formula is C15H25FO2. The first kappa shape index (κ1) is 15.2. The standard InChI is InChI=1S/C15H25FO2/c1-5-14(3,4)12-6-8-15(9-7-12,11(2)16)10-13(17)18/h12H,2,5-10H2,1,3-4H3,(H,17,18). The number of hydrogen-bond donors (Lipinski definition) is 1. The Bertz CT molecular complexity index is 325. The van der Waals surface area contributed by atoms with Gasteiger partial charge in [0.1, 0.15) is 0 Å². The van der Waals surface area contributed by atoms with Crippen molar-refractivity contribution in [2.24, 2.45) is 16.7 Å². The van der Waals surface area contributed by atoms with Crippen molar-refractivity contribution in [2.45, 2.75) is 59.3 Å². The van der Waals surface area contributed by atoms with E-state index in [4.69, 9.17) is 5.11 Å². The Morgan fingerprint density at radius 3 is 2.28 bits per heavy atom. The van der Waals surface area contributed by atoms with Crippen LogP contribution in [0.4, 0.5) is 4.39 Å². The number of aliphatic carboxylic acids is 1. The summed E-state index contributed by atoms with van der Waals surface area (Å²) in [6.45, 7) is 10.0. The number of carboxylic acids is 1. The lowest BCUT2D eigenvalue weighted by molar-refractivity contribution is -0.140. The maximum atomic E-state index is 13.7. The number of halogens is 1. The summed E-state index contributed by atoms with van der Waals surface area (Å²) in [5, 5.41) is 8.94. The van der Waals surface area contributed by atoms with Gasteiger partial charge in [0, 0.05) is 5.41 Å². The van der Waals surface area contributed by atoms with Crippen LogP contribution in [0.5, 0.6) is 0 Å². The van der Waals surface area contributed by atoms with Gasteiger partial charge >= 0.3 is 5.97 Å². The molecule has 0 unspecified atom stereocenters. The van der Waals surface area contributed by atoms with Gasteiger partial charge in [-0.25, -0.2) is 4.39 Å². The zero-order chi connectivity index (χ0) is 14.0. The first-order valence-electron chi connectivity index (χ1n) is 6.80. The molecule has 3 heteroatoms. The molecule has 0 atom stereocenters. The Labute approximate surface area is 109 Å². The SMILES string of the molecule is C=C(F)C1(CC(=O)O)CCC(C(C)(C)CC)CC1. The lowest BCUT2D eigenvalue weighted by atomic mass is 9.61. The molecule has 0 aromatic carbocycles. The Balaban J connectivity index is 2.75. The van der Waals surface area contributed by atoms with E-state index in [0.717, 1.165) is 19.3 Å². The monoisotopic (exact) mass is 256 g/mol. The van der Waals surface area contributed by atoms with Crippen LogP contribution in [0, 0.1) is 16.7 Å². The molecule has 1 rings (SSSR count). The van der Waals surface area contributed by atoms with Crippen LogP contribution in [-0.2, 0) is 4.79 Å². The fraction of sp³-hybridized carbons (Fsp3) is 0.800. The molecule has 0 spiro atoms. The molecule has 18 heavy (non-hydrogen) atoms. The quantitative estimate of drug-likeness (QED) is 0.783.